The van der Waals surface area contributed by atoms with Gasteiger partial charge in [-0.05, 0) is 0 Å². The Kier molecular flexibility index (Phi) is 11.8. The largest absolute Gasteiger partial charge is 0.147 e. The van der Waals surface area contributed by atoms with Crippen molar-refractivity contribution in [2.45, 2.75) is 103 Å². The molecule has 3 atom stereocenters. The van der Waals surface area contributed by atoms with E-state index in [2.05, 4.69) is 176 Å². The molecular weight excluding hydrogens is 743 g/mol. The molecule has 0 saturated heterocycles. The van der Waals surface area contributed by atoms with Crippen LogP contribution < -0.4 is 0 Å². The van der Waals surface area contributed by atoms with E-state index in [1.165, 1.54) is 57.3 Å². The van der Waals surface area contributed by atoms with Gasteiger partial charge in [0.2, 0.25) is 0 Å². The first-order valence-electron chi connectivity index (χ1n) is 18.4. The summed E-state index contributed by atoms with van der Waals surface area (Å²) in [5, 5.41) is 0. The van der Waals surface area contributed by atoms with Crippen molar-refractivity contribution in [1.29, 1.82) is 0 Å². The van der Waals surface area contributed by atoms with E-state index in [9.17, 15) is 0 Å². The summed E-state index contributed by atoms with van der Waals surface area (Å²) in [6.07, 6.45) is 7.67. The first-order valence-corrected chi connectivity index (χ1v) is 32.0. The van der Waals surface area contributed by atoms with Crippen LogP contribution in [0, 0.1) is 5.92 Å². The number of fused-ring (bicyclic) bond motifs is 2. The zero-order valence-electron chi connectivity index (χ0n) is 32.4. The van der Waals surface area contributed by atoms with Crippen LogP contribution in [0.25, 0.3) is 34.4 Å². The van der Waals surface area contributed by atoms with E-state index in [1.807, 2.05) is 0 Å². The fraction of sp³-hybridized carbons (Fsp3) is 0.391. The van der Waals surface area contributed by atoms with Crippen LogP contribution >= 0.6 is 24.8 Å². The van der Waals surface area contributed by atoms with Crippen LogP contribution in [-0.2, 0) is 28.2 Å². The van der Waals surface area contributed by atoms with Crippen molar-refractivity contribution >= 4 is 43.8 Å². The van der Waals surface area contributed by atoms with Gasteiger partial charge in [0.15, 0.2) is 0 Å². The number of allylic oxidation sites excluding steroid dienone is 2. The summed E-state index contributed by atoms with van der Waals surface area (Å²) in [5.74, 6) is 0.568. The second-order valence-corrected chi connectivity index (χ2v) is 48.8. The molecule has 0 radical (unpaired) electrons. The summed E-state index contributed by atoms with van der Waals surface area (Å²) < 4.78 is 6.61. The quantitative estimate of drug-likeness (QED) is 0.163. The average Bonchev–Trinajstić information content (AvgIpc) is 3.59. The second kappa shape index (κ2) is 14.5. The van der Waals surface area contributed by atoms with E-state index in [0.717, 1.165) is 0 Å². The van der Waals surface area contributed by atoms with Crippen LogP contribution in [0.5, 0.6) is 0 Å². The molecule has 0 heterocycles. The fourth-order valence-corrected chi connectivity index (χ4v) is 29.7. The minimum atomic E-state index is -3.71. The summed E-state index contributed by atoms with van der Waals surface area (Å²) in [6.45, 7) is 23.6. The topological polar surface area (TPSA) is 0 Å². The Labute approximate surface area is 319 Å². The van der Waals surface area contributed by atoms with Crippen molar-refractivity contribution in [1.82, 2.24) is 0 Å². The predicted molar refractivity (Wildman–Crippen MR) is 227 cm³/mol. The van der Waals surface area contributed by atoms with E-state index in [1.54, 1.807) is 22.3 Å². The maximum atomic E-state index is 2.79. The maximum Gasteiger partial charge on any atom is -0.147 e. The van der Waals surface area contributed by atoms with Gasteiger partial charge in [0.25, 0.3) is 0 Å². The summed E-state index contributed by atoms with van der Waals surface area (Å²) >= 11 is -3.71. The molecule has 3 unspecified atom stereocenters. The van der Waals surface area contributed by atoms with Crippen LogP contribution in [0.1, 0.15) is 116 Å². The molecule has 0 bridgehead atoms. The van der Waals surface area contributed by atoms with Gasteiger partial charge in [-0.1, -0.05) is 0 Å². The van der Waals surface area contributed by atoms with E-state index in [0.29, 0.717) is 13.2 Å². The Morgan fingerprint density at radius 1 is 0.640 bits per heavy atom. The van der Waals surface area contributed by atoms with E-state index in [4.69, 9.17) is 0 Å². The average molecular weight is 803 g/mol. The van der Waals surface area contributed by atoms with Gasteiger partial charge in [0.05, 0.1) is 0 Å². The van der Waals surface area contributed by atoms with E-state index >= 15 is 0 Å². The number of hydrogen-bond donors (Lipinski definition) is 0. The summed E-state index contributed by atoms with van der Waals surface area (Å²) in [5.41, 5.74) is 17.9. The van der Waals surface area contributed by atoms with Crippen LogP contribution in [0.3, 0.4) is 0 Å². The van der Waals surface area contributed by atoms with Gasteiger partial charge in [0.1, 0.15) is 0 Å². The van der Waals surface area contributed by atoms with Gasteiger partial charge in [-0.2, -0.15) is 0 Å². The summed E-state index contributed by atoms with van der Waals surface area (Å²) in [7, 11) is 0. The van der Waals surface area contributed by atoms with Gasteiger partial charge in [-0.25, -0.2) is 0 Å². The van der Waals surface area contributed by atoms with Gasteiger partial charge in [-0.3, -0.25) is 0 Å². The molecule has 50 heavy (non-hydrogen) atoms. The Hall–Kier alpha value is -1.96. The molecule has 0 fully saturated rings. The molecule has 4 aromatic carbocycles. The molecule has 4 aromatic rings. The molecule has 4 heteroatoms. The molecule has 0 nitrogen and oxygen atoms in total. The number of halogens is 2. The van der Waals surface area contributed by atoms with E-state index in [-0.39, 0.29) is 35.6 Å². The van der Waals surface area contributed by atoms with Crippen LogP contribution in [0.2, 0.25) is 9.26 Å². The van der Waals surface area contributed by atoms with Crippen LogP contribution in [-0.4, -0.2) is 6.88 Å². The standard InChI is InChI=1S/C24H29.C20H21.2CH3.2ClH.H2Si.Zr/c1-6-8-17(2)20-15-19-9-7-10-22(23(19)16-20)18-11-13-21(14-12-18)24(3,4)5;1-14-12-16-6-5-7-18(19(16)13-14)15-8-10-17(11-9-15)20(2,3)4;;;;;;/h7,9-17H,6,8H2,1-5H3;5-13H,1-4H3;2*1H3;2*1H;1H2;. The van der Waals surface area contributed by atoms with Crippen LogP contribution in [0.15, 0.2) is 96.1 Å². The van der Waals surface area contributed by atoms with Crippen molar-refractivity contribution < 1.29 is 17.4 Å². The smallest absolute Gasteiger partial charge is 0.147 e. The zero-order chi connectivity index (χ0) is 34.8. The third kappa shape index (κ3) is 7.31. The SMILES string of the molecule is CCCC(C)C1=Cc2c(-c3ccc(C(C)(C)C)cc3)cccc2[CH]1[Zr]([CH3])([CH3])(=[SiH2])[CH]1C(C)=Cc2c(-c3ccc(C(C)(C)C)cc3)cccc21.Cl.Cl. The summed E-state index contributed by atoms with van der Waals surface area (Å²) in [6, 6.07) is 33.1. The predicted octanol–water partition coefficient (Wildman–Crippen LogP) is 13.8. The minimum absolute atomic E-state index is 0. The molecule has 0 spiro atoms. The monoisotopic (exact) mass is 800 g/mol. The van der Waals surface area contributed by atoms with Gasteiger partial charge in [0, 0.05) is 0 Å². The molecule has 0 aromatic heterocycles. The Morgan fingerprint density at radius 2 is 1.06 bits per heavy atom. The number of rotatable bonds is 7. The second-order valence-electron chi connectivity index (χ2n) is 18.3. The van der Waals surface area contributed by atoms with Gasteiger partial charge in [-0.15, -0.1) is 24.8 Å². The normalized spacial score (nSPS) is 17.9. The van der Waals surface area contributed by atoms with Crippen molar-refractivity contribution in [3.05, 3.63) is 129 Å². The minimum Gasteiger partial charge on any atom is -0.147 e. The van der Waals surface area contributed by atoms with Crippen molar-refractivity contribution in [3.8, 4) is 22.3 Å². The first kappa shape index (κ1) is 40.8. The molecular formula is C46H60Cl2SiZr. The third-order valence-corrected chi connectivity index (χ3v) is 29.3. The van der Waals surface area contributed by atoms with Crippen molar-refractivity contribution in [3.63, 3.8) is 0 Å². The zero-order valence-corrected chi connectivity index (χ0v) is 37.9. The molecule has 2 aliphatic rings. The molecule has 0 amide bonds. The van der Waals surface area contributed by atoms with Gasteiger partial charge < -0.3 is 0 Å². The maximum absolute atomic E-state index is 3.71. The number of hydrogen-bond acceptors (Lipinski definition) is 0. The van der Waals surface area contributed by atoms with Gasteiger partial charge >= 0.3 is 297 Å². The Morgan fingerprint density at radius 3 is 1.48 bits per heavy atom. The van der Waals surface area contributed by atoms with Crippen molar-refractivity contribution in [2.75, 3.05) is 0 Å². The molecule has 0 aliphatic heterocycles. The molecule has 6 rings (SSSR count). The summed E-state index contributed by atoms with van der Waals surface area (Å²) in [4.78, 5) is 0. The number of benzene rings is 4. The molecule has 266 valence electrons. The fourth-order valence-electron chi connectivity index (χ4n) is 9.29. The van der Waals surface area contributed by atoms with Crippen molar-refractivity contribution in [2.24, 2.45) is 5.92 Å². The van der Waals surface area contributed by atoms with Crippen LogP contribution in [0.4, 0.5) is 0 Å². The molecule has 0 saturated carbocycles. The van der Waals surface area contributed by atoms with E-state index < -0.39 is 17.4 Å². The Bertz CT molecular complexity index is 1990. The molecule has 0 N–H and O–H groups in total. The molecule has 2 aliphatic carbocycles. The first-order chi connectivity index (χ1) is 22.4. The Balaban J connectivity index is 0.00000281. The third-order valence-electron chi connectivity index (χ3n) is 11.7.